The largest absolute Gasteiger partial charge is 0.486 e. The average Bonchev–Trinajstić information content (AvgIpc) is 3.05. The number of carbonyl (C=O) groups is 1. The van der Waals surface area contributed by atoms with Crippen molar-refractivity contribution in [2.75, 3.05) is 11.1 Å². The van der Waals surface area contributed by atoms with E-state index in [1.54, 1.807) is 0 Å². The molecule has 2 aromatic carbocycles. The van der Waals surface area contributed by atoms with Gasteiger partial charge in [-0.25, -0.2) is 0 Å². The van der Waals surface area contributed by atoms with E-state index in [1.165, 1.54) is 17.3 Å². The van der Waals surface area contributed by atoms with E-state index in [1.807, 2.05) is 66.2 Å². The number of hydrogen-bond acceptors (Lipinski definition) is 5. The molecule has 0 unspecified atom stereocenters. The van der Waals surface area contributed by atoms with Gasteiger partial charge in [0.1, 0.15) is 12.4 Å². The Hall–Kier alpha value is -2.80. The Kier molecular flexibility index (Phi) is 6.71. The van der Waals surface area contributed by atoms with E-state index in [-0.39, 0.29) is 11.7 Å². The molecule has 0 saturated heterocycles. The summed E-state index contributed by atoms with van der Waals surface area (Å²) in [5, 5.41) is 11.9. The minimum Gasteiger partial charge on any atom is -0.486 e. The molecule has 0 radical (unpaired) electrons. The second-order valence-corrected chi connectivity index (χ2v) is 7.62. The monoisotopic (exact) mass is 396 g/mol. The molecule has 146 valence electrons. The van der Waals surface area contributed by atoms with Gasteiger partial charge in [0, 0.05) is 12.7 Å². The van der Waals surface area contributed by atoms with E-state index >= 15 is 0 Å². The summed E-state index contributed by atoms with van der Waals surface area (Å²) in [6.07, 6.45) is 0. The fourth-order valence-corrected chi connectivity index (χ4v) is 3.27. The van der Waals surface area contributed by atoms with E-state index in [0.29, 0.717) is 23.5 Å². The number of nitrogens with one attached hydrogen (secondary N) is 1. The lowest BCUT2D eigenvalue weighted by molar-refractivity contribution is -0.113. The molecular formula is C21H24N4O2S. The first kappa shape index (κ1) is 19.9. The van der Waals surface area contributed by atoms with Crippen LogP contribution in [0.4, 0.5) is 5.69 Å². The third kappa shape index (κ3) is 5.36. The van der Waals surface area contributed by atoms with E-state index in [4.69, 9.17) is 4.74 Å². The summed E-state index contributed by atoms with van der Waals surface area (Å²) in [6.45, 7) is 4.61. The summed E-state index contributed by atoms with van der Waals surface area (Å²) in [5.74, 6) is 2.14. The third-order valence-electron chi connectivity index (χ3n) is 4.23. The maximum atomic E-state index is 12.2. The van der Waals surface area contributed by atoms with Crippen molar-refractivity contribution in [2.24, 2.45) is 7.05 Å². The normalized spacial score (nSPS) is 10.9. The highest BCUT2D eigenvalue weighted by molar-refractivity contribution is 7.99. The number of benzene rings is 2. The third-order valence-corrected chi connectivity index (χ3v) is 5.25. The Balaban J connectivity index is 1.50. The fourth-order valence-electron chi connectivity index (χ4n) is 2.54. The zero-order chi connectivity index (χ0) is 19.9. The highest BCUT2D eigenvalue weighted by atomic mass is 32.2. The number of nitrogens with zero attached hydrogens (tertiary/aromatic N) is 3. The van der Waals surface area contributed by atoms with Crippen LogP contribution in [0.25, 0.3) is 0 Å². The lowest BCUT2D eigenvalue weighted by atomic mass is 10.0. The Morgan fingerprint density at radius 1 is 1.11 bits per heavy atom. The predicted molar refractivity (Wildman–Crippen MR) is 112 cm³/mol. The summed E-state index contributed by atoms with van der Waals surface area (Å²) in [4.78, 5) is 12.2. The second-order valence-electron chi connectivity index (χ2n) is 6.67. The number of amides is 1. The zero-order valence-corrected chi connectivity index (χ0v) is 17.1. The Morgan fingerprint density at radius 3 is 2.50 bits per heavy atom. The van der Waals surface area contributed by atoms with Gasteiger partial charge in [0.25, 0.3) is 0 Å². The number of aromatic nitrogens is 3. The standard InChI is InChI=1S/C21H24N4O2S/c1-15(2)16-9-11-17(12-10-16)22-20(26)14-28-21-24-23-19(25(21)3)13-27-18-7-5-4-6-8-18/h4-12,15H,13-14H2,1-3H3,(H,22,26). The van der Waals surface area contributed by atoms with Crippen LogP contribution in [0.15, 0.2) is 59.8 Å². The van der Waals surface area contributed by atoms with Crippen LogP contribution in [0, 0.1) is 0 Å². The van der Waals surface area contributed by atoms with Gasteiger partial charge in [-0.1, -0.05) is 55.9 Å². The number of anilines is 1. The van der Waals surface area contributed by atoms with Crippen molar-refractivity contribution in [3.05, 3.63) is 66.0 Å². The van der Waals surface area contributed by atoms with Crippen molar-refractivity contribution in [2.45, 2.75) is 31.5 Å². The maximum absolute atomic E-state index is 12.2. The Labute approximate surface area is 169 Å². The average molecular weight is 397 g/mol. The number of hydrogen-bond donors (Lipinski definition) is 1. The summed E-state index contributed by atoms with van der Waals surface area (Å²) in [5.41, 5.74) is 2.04. The van der Waals surface area contributed by atoms with Gasteiger partial charge in [0.05, 0.1) is 5.75 Å². The van der Waals surface area contributed by atoms with Crippen molar-refractivity contribution in [1.82, 2.24) is 14.8 Å². The number of para-hydroxylation sites is 1. The smallest absolute Gasteiger partial charge is 0.234 e. The molecule has 0 fully saturated rings. The number of rotatable bonds is 8. The molecule has 1 aromatic heterocycles. The van der Waals surface area contributed by atoms with Crippen molar-refractivity contribution < 1.29 is 9.53 Å². The lowest BCUT2D eigenvalue weighted by Gasteiger charge is -2.08. The first-order chi connectivity index (χ1) is 13.5. The molecule has 1 N–H and O–H groups in total. The van der Waals surface area contributed by atoms with Gasteiger partial charge < -0.3 is 14.6 Å². The SMILES string of the molecule is CC(C)c1ccc(NC(=O)CSc2nnc(COc3ccccc3)n2C)cc1. The molecule has 7 heteroatoms. The summed E-state index contributed by atoms with van der Waals surface area (Å²) in [6, 6.07) is 17.5. The molecule has 0 aliphatic carbocycles. The maximum Gasteiger partial charge on any atom is 0.234 e. The van der Waals surface area contributed by atoms with Crippen molar-refractivity contribution >= 4 is 23.4 Å². The fraction of sp³-hybridized carbons (Fsp3) is 0.286. The molecule has 0 spiro atoms. The van der Waals surface area contributed by atoms with Crippen LogP contribution < -0.4 is 10.1 Å². The van der Waals surface area contributed by atoms with Crippen molar-refractivity contribution in [3.8, 4) is 5.75 Å². The van der Waals surface area contributed by atoms with Gasteiger partial charge >= 0.3 is 0 Å². The zero-order valence-electron chi connectivity index (χ0n) is 16.3. The molecule has 3 rings (SSSR count). The topological polar surface area (TPSA) is 69.0 Å². The first-order valence-corrected chi connectivity index (χ1v) is 10.1. The molecule has 0 aliphatic heterocycles. The van der Waals surface area contributed by atoms with E-state index in [2.05, 4.69) is 29.4 Å². The molecular weight excluding hydrogens is 372 g/mol. The molecule has 0 saturated carbocycles. The van der Waals surface area contributed by atoms with E-state index in [0.717, 1.165) is 11.4 Å². The highest BCUT2D eigenvalue weighted by Crippen LogP contribution is 2.19. The van der Waals surface area contributed by atoms with Gasteiger partial charge in [-0.2, -0.15) is 0 Å². The summed E-state index contributed by atoms with van der Waals surface area (Å²) >= 11 is 1.35. The molecule has 0 atom stereocenters. The van der Waals surface area contributed by atoms with Gasteiger partial charge in [0.2, 0.25) is 5.91 Å². The van der Waals surface area contributed by atoms with Crippen LogP contribution in [0.3, 0.4) is 0 Å². The molecule has 6 nitrogen and oxygen atoms in total. The Morgan fingerprint density at radius 2 is 1.82 bits per heavy atom. The second kappa shape index (κ2) is 9.41. The van der Waals surface area contributed by atoms with Crippen LogP contribution >= 0.6 is 11.8 Å². The van der Waals surface area contributed by atoms with Crippen LogP contribution in [-0.4, -0.2) is 26.4 Å². The van der Waals surface area contributed by atoms with Gasteiger partial charge in [-0.05, 0) is 35.7 Å². The van der Waals surface area contributed by atoms with E-state index < -0.39 is 0 Å². The number of ether oxygens (including phenoxy) is 1. The van der Waals surface area contributed by atoms with Crippen LogP contribution in [-0.2, 0) is 18.4 Å². The van der Waals surface area contributed by atoms with Gasteiger partial charge in [-0.15, -0.1) is 10.2 Å². The molecule has 28 heavy (non-hydrogen) atoms. The summed E-state index contributed by atoms with van der Waals surface area (Å²) < 4.78 is 7.55. The van der Waals surface area contributed by atoms with Gasteiger partial charge in [-0.3, -0.25) is 4.79 Å². The predicted octanol–water partition coefficient (Wildman–Crippen LogP) is 4.25. The minimum atomic E-state index is -0.0765. The molecule has 3 aromatic rings. The molecule has 0 aliphatic rings. The van der Waals surface area contributed by atoms with Gasteiger partial charge in [0.15, 0.2) is 11.0 Å². The van der Waals surface area contributed by atoms with Crippen molar-refractivity contribution in [3.63, 3.8) is 0 Å². The van der Waals surface area contributed by atoms with Crippen LogP contribution in [0.2, 0.25) is 0 Å². The number of thioether (sulfide) groups is 1. The van der Waals surface area contributed by atoms with Crippen molar-refractivity contribution in [1.29, 1.82) is 0 Å². The van der Waals surface area contributed by atoms with Crippen LogP contribution in [0.1, 0.15) is 31.2 Å². The highest BCUT2D eigenvalue weighted by Gasteiger charge is 2.12. The molecule has 1 heterocycles. The van der Waals surface area contributed by atoms with Crippen LogP contribution in [0.5, 0.6) is 5.75 Å². The van der Waals surface area contributed by atoms with E-state index in [9.17, 15) is 4.79 Å². The summed E-state index contributed by atoms with van der Waals surface area (Å²) in [7, 11) is 1.87. The molecule has 0 bridgehead atoms. The lowest BCUT2D eigenvalue weighted by Crippen LogP contribution is -2.14. The molecule has 1 amide bonds. The quantitative estimate of drug-likeness (QED) is 0.577. The first-order valence-electron chi connectivity index (χ1n) is 9.11. The Bertz CT molecular complexity index is 908. The number of carbonyl (C=O) groups excluding carboxylic acids is 1. The minimum absolute atomic E-state index is 0.0765.